The number of phosphoric ester groups is 2. The zero-order chi connectivity index (χ0) is 74.8. The number of carbonyl (C=O) groups excluding carboxylic acids is 4. The highest BCUT2D eigenvalue weighted by atomic mass is 31.2. The van der Waals surface area contributed by atoms with Crippen LogP contribution in [0.1, 0.15) is 446 Å². The van der Waals surface area contributed by atoms with Gasteiger partial charge in [0.25, 0.3) is 0 Å². The first kappa shape index (κ1) is 100. The van der Waals surface area contributed by atoms with Crippen molar-refractivity contribution in [1.29, 1.82) is 0 Å². The Balaban J connectivity index is 5.26. The fourth-order valence-corrected chi connectivity index (χ4v) is 14.5. The van der Waals surface area contributed by atoms with Gasteiger partial charge in [0.1, 0.15) is 19.3 Å². The van der Waals surface area contributed by atoms with Crippen molar-refractivity contribution in [3.05, 3.63) is 0 Å². The normalized spacial score (nSPS) is 14.1. The van der Waals surface area contributed by atoms with Crippen LogP contribution < -0.4 is 0 Å². The maximum absolute atomic E-state index is 13.1. The number of aliphatic hydroxyl groups is 1. The summed E-state index contributed by atoms with van der Waals surface area (Å²) in [7, 11) is -9.92. The Morgan fingerprint density at radius 1 is 0.275 bits per heavy atom. The minimum atomic E-state index is -4.96. The lowest BCUT2D eigenvalue weighted by Crippen LogP contribution is -2.30. The minimum absolute atomic E-state index is 0.109. The summed E-state index contributed by atoms with van der Waals surface area (Å²) in [5, 5.41) is 10.7. The molecule has 606 valence electrons. The second-order valence-corrected chi connectivity index (χ2v) is 33.0. The number of esters is 4. The molecule has 0 aromatic heterocycles. The fourth-order valence-electron chi connectivity index (χ4n) is 12.9. The van der Waals surface area contributed by atoms with Crippen LogP contribution in [0.3, 0.4) is 0 Å². The van der Waals surface area contributed by atoms with Crippen LogP contribution in [0.25, 0.3) is 0 Å². The second-order valence-electron chi connectivity index (χ2n) is 30.1. The van der Waals surface area contributed by atoms with Crippen molar-refractivity contribution >= 4 is 39.5 Å². The van der Waals surface area contributed by atoms with Crippen LogP contribution in [-0.4, -0.2) is 96.7 Å². The molecule has 0 aliphatic carbocycles. The molecular formula is C83H162O17P2. The van der Waals surface area contributed by atoms with E-state index in [1.165, 1.54) is 270 Å². The number of ether oxygens (including phenoxy) is 4. The van der Waals surface area contributed by atoms with E-state index < -0.39 is 97.5 Å². The third kappa shape index (κ3) is 74.9. The molecule has 0 saturated carbocycles. The van der Waals surface area contributed by atoms with Gasteiger partial charge in [0, 0.05) is 25.7 Å². The van der Waals surface area contributed by atoms with Gasteiger partial charge in [0.2, 0.25) is 0 Å². The third-order valence-electron chi connectivity index (χ3n) is 19.9. The largest absolute Gasteiger partial charge is 0.472 e. The molecule has 0 bridgehead atoms. The average molecular weight is 1490 g/mol. The molecule has 102 heavy (non-hydrogen) atoms. The number of hydrogen-bond acceptors (Lipinski definition) is 15. The van der Waals surface area contributed by atoms with Gasteiger partial charge in [-0.3, -0.25) is 37.3 Å². The molecule has 17 nitrogen and oxygen atoms in total. The lowest BCUT2D eigenvalue weighted by atomic mass is 9.99. The molecule has 0 fully saturated rings. The monoisotopic (exact) mass is 1490 g/mol. The van der Waals surface area contributed by atoms with Crippen molar-refractivity contribution in [1.82, 2.24) is 0 Å². The maximum atomic E-state index is 13.1. The summed E-state index contributed by atoms with van der Waals surface area (Å²) in [6, 6.07) is 0. The summed E-state index contributed by atoms with van der Waals surface area (Å²) in [5.74, 6) is -1.25. The highest BCUT2D eigenvalue weighted by Gasteiger charge is 2.30. The second kappa shape index (κ2) is 75.9. The Bertz CT molecular complexity index is 1950. The molecule has 3 unspecified atom stereocenters. The van der Waals surface area contributed by atoms with Gasteiger partial charge in [-0.25, -0.2) is 9.13 Å². The van der Waals surface area contributed by atoms with E-state index in [1.54, 1.807) is 0 Å². The summed E-state index contributed by atoms with van der Waals surface area (Å²) in [4.78, 5) is 73.1. The van der Waals surface area contributed by atoms with E-state index in [2.05, 4.69) is 34.6 Å². The van der Waals surface area contributed by atoms with Gasteiger partial charge in [-0.1, -0.05) is 394 Å². The van der Waals surface area contributed by atoms with E-state index >= 15 is 0 Å². The van der Waals surface area contributed by atoms with Gasteiger partial charge in [-0.15, -0.1) is 0 Å². The lowest BCUT2D eigenvalue weighted by Gasteiger charge is -2.21. The van der Waals surface area contributed by atoms with Gasteiger partial charge in [-0.2, -0.15) is 0 Å². The van der Waals surface area contributed by atoms with Crippen LogP contribution in [0.2, 0.25) is 0 Å². The van der Waals surface area contributed by atoms with Crippen LogP contribution in [0.4, 0.5) is 0 Å². The zero-order valence-corrected chi connectivity index (χ0v) is 68.5. The first-order valence-electron chi connectivity index (χ1n) is 43.2. The van der Waals surface area contributed by atoms with E-state index in [9.17, 15) is 43.2 Å². The lowest BCUT2D eigenvalue weighted by molar-refractivity contribution is -0.161. The standard InChI is InChI=1S/C83H162O17P2/c1-6-10-13-16-19-22-25-28-30-31-32-33-38-42-47-52-57-62-67-81(86)94-73-79(100-83(88)69-64-59-54-49-44-39-35-34-36-40-45-50-55-60-65-76(5)9-4)75-98-102(91,92)96-71-77(84)70-95-101(89,90)97-74-78(72-93-80(85)66-61-56-51-46-41-27-24-21-18-15-12-8-3)99-82(87)68-63-58-53-48-43-37-29-26-23-20-17-14-11-7-2/h76-79,84H,6-75H2,1-5H3,(H,89,90)(H,91,92)/t76?,77-,78+,79+/m0/s1. The summed E-state index contributed by atoms with van der Waals surface area (Å²) in [6.45, 7) is 7.41. The highest BCUT2D eigenvalue weighted by molar-refractivity contribution is 7.47. The smallest absolute Gasteiger partial charge is 0.462 e. The molecule has 0 radical (unpaired) electrons. The molecule has 0 rings (SSSR count). The first-order valence-corrected chi connectivity index (χ1v) is 46.2. The molecule has 0 heterocycles. The molecule has 0 aromatic rings. The molecule has 0 aromatic carbocycles. The number of hydrogen-bond donors (Lipinski definition) is 3. The summed E-state index contributed by atoms with van der Waals surface area (Å²) >= 11 is 0. The van der Waals surface area contributed by atoms with E-state index in [4.69, 9.17) is 37.0 Å². The zero-order valence-electron chi connectivity index (χ0n) is 66.8. The predicted molar refractivity (Wildman–Crippen MR) is 418 cm³/mol. The van der Waals surface area contributed by atoms with Crippen molar-refractivity contribution in [2.24, 2.45) is 5.92 Å². The molecule has 0 aliphatic rings. The van der Waals surface area contributed by atoms with E-state index in [1.807, 2.05) is 0 Å². The fraction of sp³-hybridized carbons (Fsp3) is 0.952. The third-order valence-corrected chi connectivity index (χ3v) is 21.8. The number of rotatable bonds is 83. The Morgan fingerprint density at radius 2 is 0.471 bits per heavy atom. The van der Waals surface area contributed by atoms with Crippen LogP contribution >= 0.6 is 15.6 Å². The Morgan fingerprint density at radius 3 is 0.696 bits per heavy atom. The number of carbonyl (C=O) groups is 4. The Hall–Kier alpha value is -1.94. The molecular weight excluding hydrogens is 1330 g/mol. The quantitative estimate of drug-likeness (QED) is 0.0222. The topological polar surface area (TPSA) is 237 Å². The van der Waals surface area contributed by atoms with Crippen molar-refractivity contribution < 1.29 is 80.2 Å². The Kier molecular flexibility index (Phi) is 74.4. The maximum Gasteiger partial charge on any atom is 0.472 e. The molecule has 0 saturated heterocycles. The molecule has 0 aliphatic heterocycles. The summed E-state index contributed by atoms with van der Waals surface area (Å²) in [6.07, 6.45) is 67.8. The predicted octanol–water partition coefficient (Wildman–Crippen LogP) is 25.2. The van der Waals surface area contributed by atoms with E-state index in [-0.39, 0.29) is 25.7 Å². The van der Waals surface area contributed by atoms with Crippen molar-refractivity contribution in [3.63, 3.8) is 0 Å². The van der Waals surface area contributed by atoms with Crippen LogP contribution in [0, 0.1) is 5.92 Å². The average Bonchev–Trinajstić information content (AvgIpc) is 0.927. The molecule has 3 N–H and O–H groups in total. The van der Waals surface area contributed by atoms with Crippen molar-refractivity contribution in [3.8, 4) is 0 Å². The van der Waals surface area contributed by atoms with E-state index in [0.717, 1.165) is 95.8 Å². The SMILES string of the molecule is CCCCCCCCCCCCCCCCCCCCC(=O)OC[C@H](COP(=O)(O)OC[C@@H](O)COP(=O)(O)OC[C@@H](COC(=O)CCCCCCCCCCCCCC)OC(=O)CCCCCCCCCCCCCCCC)OC(=O)CCCCCCCCCCCCCCCCC(C)CC. The minimum Gasteiger partial charge on any atom is -0.462 e. The summed E-state index contributed by atoms with van der Waals surface area (Å²) < 4.78 is 68.8. The molecule has 0 spiro atoms. The van der Waals surface area contributed by atoms with Crippen LogP contribution in [-0.2, 0) is 65.4 Å². The van der Waals surface area contributed by atoms with Gasteiger partial charge in [0.15, 0.2) is 12.2 Å². The number of aliphatic hydroxyl groups excluding tert-OH is 1. The Labute approximate surface area is 626 Å². The molecule has 19 heteroatoms. The van der Waals surface area contributed by atoms with Gasteiger partial charge < -0.3 is 33.8 Å². The van der Waals surface area contributed by atoms with Gasteiger partial charge in [0.05, 0.1) is 26.4 Å². The number of phosphoric acid groups is 2. The van der Waals surface area contributed by atoms with Crippen molar-refractivity contribution in [2.45, 2.75) is 464 Å². The molecule has 0 amide bonds. The number of unbranched alkanes of at least 4 members (excludes halogenated alkanes) is 54. The van der Waals surface area contributed by atoms with E-state index in [0.29, 0.717) is 25.7 Å². The molecule has 6 atom stereocenters. The highest BCUT2D eigenvalue weighted by Crippen LogP contribution is 2.45. The summed E-state index contributed by atoms with van der Waals surface area (Å²) in [5.41, 5.74) is 0. The van der Waals surface area contributed by atoms with Gasteiger partial charge in [-0.05, 0) is 31.6 Å². The van der Waals surface area contributed by atoms with Crippen molar-refractivity contribution in [2.75, 3.05) is 39.6 Å². The van der Waals surface area contributed by atoms with Gasteiger partial charge >= 0.3 is 39.5 Å². The van der Waals surface area contributed by atoms with Crippen LogP contribution in [0.15, 0.2) is 0 Å². The first-order chi connectivity index (χ1) is 49.6. The van der Waals surface area contributed by atoms with Crippen LogP contribution in [0.5, 0.6) is 0 Å².